The van der Waals surface area contributed by atoms with Crippen molar-refractivity contribution < 1.29 is 4.52 Å². The number of hydrogen-bond acceptors (Lipinski definition) is 4. The molecule has 1 unspecified atom stereocenters. The number of benzene rings is 1. The Hall–Kier alpha value is -1.61. The van der Waals surface area contributed by atoms with Gasteiger partial charge in [-0.15, -0.1) is 24.0 Å². The van der Waals surface area contributed by atoms with E-state index in [1.807, 2.05) is 12.1 Å². The number of nitrogens with one attached hydrogen (secondary N) is 3. The van der Waals surface area contributed by atoms with Crippen molar-refractivity contribution >= 4 is 29.9 Å². The van der Waals surface area contributed by atoms with Gasteiger partial charge in [-0.1, -0.05) is 49.3 Å². The molecule has 0 saturated heterocycles. The molecule has 0 bridgehead atoms. The van der Waals surface area contributed by atoms with Crippen LogP contribution in [0.5, 0.6) is 0 Å². The van der Waals surface area contributed by atoms with Gasteiger partial charge in [-0.3, -0.25) is 4.99 Å². The fourth-order valence-corrected chi connectivity index (χ4v) is 2.84. The second kappa shape index (κ2) is 11.4. The van der Waals surface area contributed by atoms with Crippen LogP contribution in [0.2, 0.25) is 0 Å². The third-order valence-corrected chi connectivity index (χ3v) is 4.43. The Labute approximate surface area is 186 Å². The molecule has 0 amide bonds. The first kappa shape index (κ1) is 24.4. The zero-order valence-corrected chi connectivity index (χ0v) is 20.1. The summed E-state index contributed by atoms with van der Waals surface area (Å²) in [5, 5.41) is 14.4. The summed E-state index contributed by atoms with van der Waals surface area (Å²) in [7, 11) is 1.77. The van der Waals surface area contributed by atoms with Crippen LogP contribution in [0.1, 0.15) is 63.6 Å². The molecule has 156 valence electrons. The van der Waals surface area contributed by atoms with Crippen LogP contribution in [-0.4, -0.2) is 30.2 Å². The van der Waals surface area contributed by atoms with Crippen LogP contribution < -0.4 is 16.0 Å². The van der Waals surface area contributed by atoms with Gasteiger partial charge in [0.05, 0.1) is 12.2 Å². The van der Waals surface area contributed by atoms with Crippen LogP contribution in [0.25, 0.3) is 0 Å². The van der Waals surface area contributed by atoms with Crippen molar-refractivity contribution in [3.63, 3.8) is 0 Å². The molecular formula is C21H34IN5O. The number of aromatic nitrogens is 1. The lowest BCUT2D eigenvalue weighted by Gasteiger charge is -2.31. The van der Waals surface area contributed by atoms with Gasteiger partial charge in [0, 0.05) is 31.2 Å². The monoisotopic (exact) mass is 499 g/mol. The summed E-state index contributed by atoms with van der Waals surface area (Å²) in [6.07, 6.45) is 0. The quantitative estimate of drug-likeness (QED) is 0.288. The van der Waals surface area contributed by atoms with E-state index < -0.39 is 0 Å². The average molecular weight is 499 g/mol. The molecule has 1 aromatic carbocycles. The van der Waals surface area contributed by atoms with Gasteiger partial charge in [0.1, 0.15) is 0 Å². The molecule has 0 aliphatic rings. The van der Waals surface area contributed by atoms with E-state index in [4.69, 9.17) is 4.52 Å². The minimum absolute atomic E-state index is 0. The first-order valence-corrected chi connectivity index (χ1v) is 9.53. The van der Waals surface area contributed by atoms with E-state index in [9.17, 15) is 0 Å². The predicted molar refractivity (Wildman–Crippen MR) is 126 cm³/mol. The highest BCUT2D eigenvalue weighted by molar-refractivity contribution is 14.0. The smallest absolute Gasteiger partial charge is 0.191 e. The molecule has 3 N–H and O–H groups in total. The minimum atomic E-state index is -0.107. The molecule has 0 saturated carbocycles. The normalized spacial score (nSPS) is 13.2. The lowest BCUT2D eigenvalue weighted by Crippen LogP contribution is -2.52. The fourth-order valence-electron chi connectivity index (χ4n) is 2.84. The van der Waals surface area contributed by atoms with Crippen LogP contribution in [-0.2, 0) is 6.54 Å². The lowest BCUT2D eigenvalue weighted by molar-refractivity contribution is 0.344. The predicted octanol–water partition coefficient (Wildman–Crippen LogP) is 4.21. The molecule has 1 heterocycles. The van der Waals surface area contributed by atoms with Crippen molar-refractivity contribution in [3.8, 4) is 0 Å². The molecule has 0 aliphatic carbocycles. The summed E-state index contributed by atoms with van der Waals surface area (Å²) in [6, 6.07) is 12.7. The van der Waals surface area contributed by atoms with Crippen LogP contribution in [0.4, 0.5) is 0 Å². The molecule has 2 rings (SSSR count). The lowest BCUT2D eigenvalue weighted by atomic mass is 10.0. The van der Waals surface area contributed by atoms with E-state index in [0.717, 1.165) is 24.0 Å². The molecule has 0 spiro atoms. The Balaban J connectivity index is 0.00000392. The molecule has 7 heteroatoms. The van der Waals surface area contributed by atoms with E-state index in [0.29, 0.717) is 12.5 Å². The average Bonchev–Trinajstić information content (AvgIpc) is 3.11. The minimum Gasteiger partial charge on any atom is -0.359 e. The number of aliphatic imine (C=N–C) groups is 1. The number of hydrogen-bond donors (Lipinski definition) is 3. The first-order chi connectivity index (χ1) is 12.8. The molecule has 28 heavy (non-hydrogen) atoms. The molecule has 6 nitrogen and oxygen atoms in total. The second-order valence-corrected chi connectivity index (χ2v) is 7.81. The Kier molecular flexibility index (Phi) is 9.95. The molecule has 0 fully saturated rings. The standard InChI is InChI=1S/C21H33N5O.HI/c1-15(2)19-12-18(27-26-19)13-23-20(22-6)24-14-21(4,5)25-16(3)17-10-8-7-9-11-17;/h7-12,15-16,25H,13-14H2,1-6H3,(H2,22,23,24);1H. The van der Waals surface area contributed by atoms with Gasteiger partial charge in [-0.2, -0.15) is 0 Å². The summed E-state index contributed by atoms with van der Waals surface area (Å²) in [6.45, 7) is 12.0. The molecular weight excluding hydrogens is 465 g/mol. The SMILES string of the molecule is CN=C(NCc1cc(C(C)C)no1)NCC(C)(C)NC(C)c1ccccc1.I. The zero-order chi connectivity index (χ0) is 19.9. The van der Waals surface area contributed by atoms with E-state index in [1.54, 1.807) is 7.05 Å². The summed E-state index contributed by atoms with van der Waals surface area (Å²) >= 11 is 0. The Morgan fingerprint density at radius 1 is 1.14 bits per heavy atom. The van der Waals surface area contributed by atoms with Crippen LogP contribution in [0, 0.1) is 0 Å². The van der Waals surface area contributed by atoms with Crippen molar-refractivity contribution in [3.05, 3.63) is 53.4 Å². The van der Waals surface area contributed by atoms with Gasteiger partial charge in [-0.05, 0) is 32.3 Å². The Morgan fingerprint density at radius 3 is 2.39 bits per heavy atom. The highest BCUT2D eigenvalue weighted by atomic mass is 127. The van der Waals surface area contributed by atoms with Gasteiger partial charge >= 0.3 is 0 Å². The largest absolute Gasteiger partial charge is 0.359 e. The Morgan fingerprint density at radius 2 is 1.82 bits per heavy atom. The number of rotatable bonds is 8. The summed E-state index contributed by atoms with van der Waals surface area (Å²) in [5.74, 6) is 1.90. The summed E-state index contributed by atoms with van der Waals surface area (Å²) in [5.41, 5.74) is 2.14. The molecule has 1 atom stereocenters. The highest BCUT2D eigenvalue weighted by Crippen LogP contribution is 2.16. The van der Waals surface area contributed by atoms with E-state index in [1.165, 1.54) is 5.56 Å². The highest BCUT2D eigenvalue weighted by Gasteiger charge is 2.21. The number of halogens is 1. The maximum absolute atomic E-state index is 5.36. The topological polar surface area (TPSA) is 74.5 Å². The van der Waals surface area contributed by atoms with Gasteiger partial charge in [-0.25, -0.2) is 0 Å². The van der Waals surface area contributed by atoms with Crippen LogP contribution in [0.15, 0.2) is 45.9 Å². The second-order valence-electron chi connectivity index (χ2n) is 7.81. The van der Waals surface area contributed by atoms with Crippen molar-refractivity contribution in [1.82, 2.24) is 21.1 Å². The Bertz CT molecular complexity index is 727. The molecule has 1 aromatic heterocycles. The summed E-state index contributed by atoms with van der Waals surface area (Å²) in [4.78, 5) is 4.29. The van der Waals surface area contributed by atoms with Gasteiger partial charge in [0.15, 0.2) is 11.7 Å². The third-order valence-electron chi connectivity index (χ3n) is 4.43. The number of guanidine groups is 1. The van der Waals surface area contributed by atoms with Crippen LogP contribution >= 0.6 is 24.0 Å². The van der Waals surface area contributed by atoms with E-state index in [2.05, 4.69) is 85.0 Å². The maximum Gasteiger partial charge on any atom is 0.191 e. The summed E-state index contributed by atoms with van der Waals surface area (Å²) < 4.78 is 5.36. The van der Waals surface area contributed by atoms with Crippen molar-refractivity contribution in [2.24, 2.45) is 4.99 Å². The zero-order valence-electron chi connectivity index (χ0n) is 17.7. The third kappa shape index (κ3) is 7.79. The van der Waals surface area contributed by atoms with Crippen LogP contribution in [0.3, 0.4) is 0 Å². The van der Waals surface area contributed by atoms with Gasteiger partial charge in [0.2, 0.25) is 0 Å². The first-order valence-electron chi connectivity index (χ1n) is 9.53. The molecule has 0 radical (unpaired) electrons. The molecule has 2 aromatic rings. The van der Waals surface area contributed by atoms with Crippen molar-refractivity contribution in [2.75, 3.05) is 13.6 Å². The van der Waals surface area contributed by atoms with Crippen molar-refractivity contribution in [1.29, 1.82) is 0 Å². The fraction of sp³-hybridized carbons (Fsp3) is 0.524. The van der Waals surface area contributed by atoms with Gasteiger partial charge in [0.25, 0.3) is 0 Å². The van der Waals surface area contributed by atoms with E-state index in [-0.39, 0.29) is 35.6 Å². The molecule has 0 aliphatic heterocycles. The number of nitrogens with zero attached hydrogens (tertiary/aromatic N) is 2. The van der Waals surface area contributed by atoms with E-state index >= 15 is 0 Å². The van der Waals surface area contributed by atoms with Gasteiger partial charge < -0.3 is 20.5 Å². The van der Waals surface area contributed by atoms with Crippen molar-refractivity contribution in [2.45, 2.75) is 58.7 Å². The maximum atomic E-state index is 5.36.